The monoisotopic (exact) mass is 203 g/mol. The van der Waals surface area contributed by atoms with Crippen LogP contribution in [0, 0.1) is 0 Å². The molecule has 2 atom stereocenters. The fourth-order valence-corrected chi connectivity index (χ4v) is 0.772. The van der Waals surface area contributed by atoms with E-state index in [4.69, 9.17) is 10.6 Å². The van der Waals surface area contributed by atoms with Gasteiger partial charge >= 0.3 is 11.9 Å². The van der Waals surface area contributed by atoms with E-state index in [1.54, 1.807) is 0 Å². The van der Waals surface area contributed by atoms with Gasteiger partial charge in [0, 0.05) is 12.0 Å². The first-order valence-electron chi connectivity index (χ1n) is 3.46. The minimum Gasteiger partial charge on any atom is -0.479 e. The molecule has 0 saturated carbocycles. The zero-order valence-electron chi connectivity index (χ0n) is 7.58. The van der Waals surface area contributed by atoms with Gasteiger partial charge in [-0.2, -0.15) is 0 Å². The lowest BCUT2D eigenvalue weighted by Gasteiger charge is -2.15. The molecule has 0 aromatic rings. The number of ether oxygens (including phenoxy) is 2. The molecule has 0 aliphatic rings. The van der Waals surface area contributed by atoms with Gasteiger partial charge in [0.05, 0.1) is 7.11 Å². The third-order valence-electron chi connectivity index (χ3n) is 1.40. The number of carboxylic acids is 1. The molecule has 0 bridgehead atoms. The van der Waals surface area contributed by atoms with E-state index in [1.165, 1.54) is 0 Å². The maximum atomic E-state index is 11.0. The van der Waals surface area contributed by atoms with Crippen LogP contribution in [0.5, 0.6) is 0 Å². The summed E-state index contributed by atoms with van der Waals surface area (Å²) in [6, 6.07) is -1.52. The molecule has 0 amide bonds. The molecule has 0 rings (SSSR count). The number of esters is 1. The highest BCUT2D eigenvalue weighted by Crippen LogP contribution is 2.06. The zero-order valence-corrected chi connectivity index (χ0v) is 7.58. The van der Waals surface area contributed by atoms with Crippen molar-refractivity contribution in [3.63, 3.8) is 0 Å². The zero-order chi connectivity index (χ0) is 11.1. The van der Waals surface area contributed by atoms with Crippen molar-refractivity contribution < 1.29 is 24.2 Å². The lowest BCUT2D eigenvalue weighted by molar-refractivity contribution is -0.158. The number of hydrogen-bond acceptors (Lipinski definition) is 5. The van der Waals surface area contributed by atoms with Crippen LogP contribution in [0.1, 0.15) is 0 Å². The summed E-state index contributed by atoms with van der Waals surface area (Å²) < 4.78 is 8.73. The molecule has 14 heavy (non-hydrogen) atoms. The fraction of sp³-hybridized carbons (Fsp3) is 0.667. The van der Waals surface area contributed by atoms with Gasteiger partial charge in [0.2, 0.25) is 0 Å². The van der Waals surface area contributed by atoms with Crippen molar-refractivity contribution >= 4 is 11.9 Å². The molecule has 0 aromatic heterocycles. The molecule has 0 spiro atoms. The maximum Gasteiger partial charge on any atom is 0.333 e. The smallest absolute Gasteiger partial charge is 0.333 e. The topological polar surface area (TPSA) is 122 Å². The van der Waals surface area contributed by atoms with Gasteiger partial charge in [0.15, 0.2) is 12.1 Å². The number of aliphatic carboxylic acids is 1. The van der Waals surface area contributed by atoms with Crippen molar-refractivity contribution in [1.82, 2.24) is 0 Å². The standard InChI is InChI=1S/C6H9N3O5/c1-13-4(5(10)11)3(8-9-7)6(12)14-2/h3-4H,1-2H3,(H,10,11). The first-order chi connectivity index (χ1) is 6.58. The molecule has 0 fully saturated rings. The second kappa shape index (κ2) is 5.79. The van der Waals surface area contributed by atoms with Crippen molar-refractivity contribution in [3.8, 4) is 0 Å². The molecule has 2 unspecified atom stereocenters. The number of azide groups is 1. The summed E-state index contributed by atoms with van der Waals surface area (Å²) in [5.74, 6) is -2.37. The van der Waals surface area contributed by atoms with E-state index in [-0.39, 0.29) is 0 Å². The van der Waals surface area contributed by atoms with Crippen molar-refractivity contribution in [2.24, 2.45) is 5.11 Å². The summed E-state index contributed by atoms with van der Waals surface area (Å²) in [4.78, 5) is 23.9. The van der Waals surface area contributed by atoms with Crippen molar-refractivity contribution in [2.75, 3.05) is 14.2 Å². The van der Waals surface area contributed by atoms with Crippen LogP contribution in [-0.2, 0) is 19.1 Å². The SMILES string of the molecule is COC(=O)C(N=[N+]=[N-])C(OC)C(=O)O. The third kappa shape index (κ3) is 2.92. The van der Waals surface area contributed by atoms with Gasteiger partial charge in [0.1, 0.15) is 0 Å². The Morgan fingerprint density at radius 3 is 2.36 bits per heavy atom. The van der Waals surface area contributed by atoms with E-state index < -0.39 is 24.1 Å². The van der Waals surface area contributed by atoms with Crippen LogP contribution in [0.2, 0.25) is 0 Å². The van der Waals surface area contributed by atoms with Gasteiger partial charge in [-0.3, -0.25) is 4.79 Å². The summed E-state index contributed by atoms with van der Waals surface area (Å²) >= 11 is 0. The van der Waals surface area contributed by atoms with Gasteiger partial charge in [0.25, 0.3) is 0 Å². The average Bonchev–Trinajstić information content (AvgIpc) is 2.16. The van der Waals surface area contributed by atoms with Gasteiger partial charge in [-0.25, -0.2) is 4.79 Å². The Bertz CT molecular complexity index is 273. The van der Waals surface area contributed by atoms with E-state index in [1.807, 2.05) is 0 Å². The van der Waals surface area contributed by atoms with Crippen molar-refractivity contribution in [2.45, 2.75) is 12.1 Å². The first-order valence-corrected chi connectivity index (χ1v) is 3.46. The predicted octanol–water partition coefficient (Wildman–Crippen LogP) is -0.0621. The van der Waals surface area contributed by atoms with Crippen molar-refractivity contribution in [3.05, 3.63) is 10.4 Å². The molecule has 0 aliphatic carbocycles. The number of rotatable bonds is 5. The highest BCUT2D eigenvalue weighted by molar-refractivity contribution is 5.85. The lowest BCUT2D eigenvalue weighted by atomic mass is 10.2. The Morgan fingerprint density at radius 2 is 2.07 bits per heavy atom. The average molecular weight is 203 g/mol. The summed E-state index contributed by atoms with van der Waals surface area (Å²) in [5.41, 5.74) is 8.11. The second-order valence-corrected chi connectivity index (χ2v) is 2.17. The van der Waals surface area contributed by atoms with E-state index in [0.717, 1.165) is 14.2 Å². The Kier molecular flexibility index (Phi) is 5.05. The molecular weight excluding hydrogens is 194 g/mol. The molecule has 8 nitrogen and oxygen atoms in total. The number of nitrogens with zero attached hydrogens (tertiary/aromatic N) is 3. The Labute approximate surface area is 79.0 Å². The fourth-order valence-electron chi connectivity index (χ4n) is 0.772. The summed E-state index contributed by atoms with van der Waals surface area (Å²) in [7, 11) is 2.14. The number of carbonyl (C=O) groups is 2. The molecule has 0 saturated heterocycles. The number of methoxy groups -OCH3 is 2. The summed E-state index contributed by atoms with van der Waals surface area (Å²) in [6.45, 7) is 0. The van der Waals surface area contributed by atoms with Crippen LogP contribution in [-0.4, -0.2) is 43.4 Å². The molecule has 0 radical (unpaired) electrons. The molecule has 0 aliphatic heterocycles. The Balaban J connectivity index is 4.86. The van der Waals surface area contributed by atoms with Crippen LogP contribution in [0.4, 0.5) is 0 Å². The van der Waals surface area contributed by atoms with Crippen LogP contribution in [0.15, 0.2) is 5.11 Å². The molecule has 1 N–H and O–H groups in total. The highest BCUT2D eigenvalue weighted by atomic mass is 16.5. The second-order valence-electron chi connectivity index (χ2n) is 2.17. The summed E-state index contributed by atoms with van der Waals surface area (Å²) in [5, 5.41) is 11.6. The van der Waals surface area contributed by atoms with E-state index in [2.05, 4.69) is 19.5 Å². The Hall–Kier alpha value is -1.79. The molecular formula is C6H9N3O5. The third-order valence-corrected chi connectivity index (χ3v) is 1.40. The van der Waals surface area contributed by atoms with E-state index in [0.29, 0.717) is 0 Å². The van der Waals surface area contributed by atoms with Crippen LogP contribution in [0.3, 0.4) is 0 Å². The van der Waals surface area contributed by atoms with Gasteiger partial charge in [-0.1, -0.05) is 5.11 Å². The van der Waals surface area contributed by atoms with Crippen molar-refractivity contribution in [1.29, 1.82) is 0 Å². The lowest BCUT2D eigenvalue weighted by Crippen LogP contribution is -2.40. The number of carboxylic acid groups (broad SMARTS) is 1. The minimum atomic E-state index is -1.54. The van der Waals surface area contributed by atoms with Gasteiger partial charge < -0.3 is 14.6 Å². The number of carbonyl (C=O) groups excluding carboxylic acids is 1. The molecule has 8 heteroatoms. The molecule has 0 heterocycles. The molecule has 0 aromatic carbocycles. The van der Waals surface area contributed by atoms with Crippen LogP contribution in [0.25, 0.3) is 10.4 Å². The minimum absolute atomic E-state index is 0.961. The van der Waals surface area contributed by atoms with Gasteiger partial charge in [-0.05, 0) is 5.53 Å². The van der Waals surface area contributed by atoms with Gasteiger partial charge in [-0.15, -0.1) is 0 Å². The quantitative estimate of drug-likeness (QED) is 0.290. The van der Waals surface area contributed by atoms with Crippen LogP contribution >= 0.6 is 0 Å². The maximum absolute atomic E-state index is 11.0. The summed E-state index contributed by atoms with van der Waals surface area (Å²) in [6.07, 6.45) is -1.54. The van der Waals surface area contributed by atoms with E-state index >= 15 is 0 Å². The van der Waals surface area contributed by atoms with Crippen LogP contribution < -0.4 is 0 Å². The molecule has 78 valence electrons. The highest BCUT2D eigenvalue weighted by Gasteiger charge is 2.33. The predicted molar refractivity (Wildman–Crippen MR) is 43.4 cm³/mol. The normalized spacial score (nSPS) is 13.6. The largest absolute Gasteiger partial charge is 0.479 e. The number of hydrogen-bond donors (Lipinski definition) is 1. The first kappa shape index (κ1) is 12.2. The Morgan fingerprint density at radius 1 is 1.50 bits per heavy atom. The van der Waals surface area contributed by atoms with E-state index in [9.17, 15) is 9.59 Å².